The van der Waals surface area contributed by atoms with Crippen molar-refractivity contribution in [2.45, 2.75) is 20.0 Å². The normalized spacial score (nSPS) is 17.6. The van der Waals surface area contributed by atoms with Gasteiger partial charge in [0.15, 0.2) is 5.43 Å². The summed E-state index contributed by atoms with van der Waals surface area (Å²) in [4.78, 5) is 29.8. The van der Waals surface area contributed by atoms with E-state index in [1.807, 2.05) is 6.07 Å². The van der Waals surface area contributed by atoms with E-state index in [2.05, 4.69) is 4.98 Å². The zero-order chi connectivity index (χ0) is 18.1. The van der Waals surface area contributed by atoms with Crippen molar-refractivity contribution in [1.29, 1.82) is 0 Å². The SMILES string of the molecule is Cc1cc(=O)c(C(=O)N2CCO[C@@H](c3ccc(Cl)c(Cl)c3)C2)c(C)[nH]1. The fourth-order valence-electron chi connectivity index (χ4n) is 3.02. The number of aromatic nitrogens is 1. The van der Waals surface area contributed by atoms with Gasteiger partial charge >= 0.3 is 0 Å². The van der Waals surface area contributed by atoms with E-state index in [-0.39, 0.29) is 23.0 Å². The molecule has 1 N–H and O–H groups in total. The topological polar surface area (TPSA) is 62.4 Å². The lowest BCUT2D eigenvalue weighted by Crippen LogP contribution is -2.44. The zero-order valence-electron chi connectivity index (χ0n) is 13.9. The Balaban J connectivity index is 1.85. The fraction of sp³-hybridized carbons (Fsp3) is 0.333. The standard InChI is InChI=1S/C18H18Cl2N2O3/c1-10-7-15(23)17(11(2)21-10)18(24)22-5-6-25-16(9-22)12-3-4-13(19)14(20)8-12/h3-4,7-8,16H,5-6,9H2,1-2H3,(H,21,23)/t16-/m1/s1. The van der Waals surface area contributed by atoms with E-state index in [9.17, 15) is 9.59 Å². The first-order valence-electron chi connectivity index (χ1n) is 7.93. The molecule has 1 saturated heterocycles. The highest BCUT2D eigenvalue weighted by atomic mass is 35.5. The number of ether oxygens (including phenoxy) is 1. The molecular weight excluding hydrogens is 363 g/mol. The molecule has 0 bridgehead atoms. The van der Waals surface area contributed by atoms with Gasteiger partial charge in [-0.15, -0.1) is 0 Å². The third-order valence-electron chi connectivity index (χ3n) is 4.24. The average Bonchev–Trinajstić information content (AvgIpc) is 2.56. The Morgan fingerprint density at radius 2 is 2.00 bits per heavy atom. The number of pyridine rings is 1. The predicted molar refractivity (Wildman–Crippen MR) is 97.6 cm³/mol. The summed E-state index contributed by atoms with van der Waals surface area (Å²) in [6, 6.07) is 6.72. The molecule has 1 fully saturated rings. The van der Waals surface area contributed by atoms with Crippen LogP contribution in [-0.2, 0) is 4.74 Å². The van der Waals surface area contributed by atoms with Crippen LogP contribution >= 0.6 is 23.2 Å². The molecule has 5 nitrogen and oxygen atoms in total. The molecule has 0 saturated carbocycles. The molecule has 0 radical (unpaired) electrons. The number of aromatic amines is 1. The number of hydrogen-bond donors (Lipinski definition) is 1. The van der Waals surface area contributed by atoms with Gasteiger partial charge in [-0.1, -0.05) is 29.3 Å². The predicted octanol–water partition coefficient (Wildman–Crippen LogP) is 3.51. The van der Waals surface area contributed by atoms with E-state index in [0.717, 1.165) is 11.3 Å². The third-order valence-corrected chi connectivity index (χ3v) is 4.98. The number of nitrogens with zero attached hydrogens (tertiary/aromatic N) is 1. The van der Waals surface area contributed by atoms with Crippen molar-refractivity contribution in [3.8, 4) is 0 Å². The first-order chi connectivity index (χ1) is 11.9. The molecule has 1 atom stereocenters. The Kier molecular flexibility index (Phi) is 5.18. The van der Waals surface area contributed by atoms with E-state index in [0.29, 0.717) is 35.4 Å². The first-order valence-corrected chi connectivity index (χ1v) is 8.68. The maximum absolute atomic E-state index is 12.9. The highest BCUT2D eigenvalue weighted by molar-refractivity contribution is 6.42. The minimum atomic E-state index is -0.308. The number of morpholine rings is 1. The van der Waals surface area contributed by atoms with Crippen molar-refractivity contribution in [2.75, 3.05) is 19.7 Å². The molecule has 3 rings (SSSR count). The van der Waals surface area contributed by atoms with Gasteiger partial charge in [-0.25, -0.2) is 0 Å². The van der Waals surface area contributed by atoms with Crippen molar-refractivity contribution >= 4 is 29.1 Å². The molecule has 1 aliphatic heterocycles. The molecular formula is C18H18Cl2N2O3. The Hall–Kier alpha value is -1.82. The third kappa shape index (κ3) is 3.73. The lowest BCUT2D eigenvalue weighted by Gasteiger charge is -2.33. The summed E-state index contributed by atoms with van der Waals surface area (Å²) in [6.45, 7) is 4.70. The van der Waals surface area contributed by atoms with E-state index in [1.54, 1.807) is 30.9 Å². The quantitative estimate of drug-likeness (QED) is 0.866. The van der Waals surface area contributed by atoms with Crippen molar-refractivity contribution in [3.63, 3.8) is 0 Å². The molecule has 1 aromatic heterocycles. The molecule has 7 heteroatoms. The van der Waals surface area contributed by atoms with Crippen LogP contribution in [0.1, 0.15) is 33.4 Å². The van der Waals surface area contributed by atoms with Gasteiger partial charge in [-0.3, -0.25) is 9.59 Å². The Morgan fingerprint density at radius 3 is 2.68 bits per heavy atom. The monoisotopic (exact) mass is 380 g/mol. The summed E-state index contributed by atoms with van der Waals surface area (Å²) in [5.74, 6) is -0.285. The molecule has 132 valence electrons. The largest absolute Gasteiger partial charge is 0.370 e. The number of carbonyl (C=O) groups is 1. The van der Waals surface area contributed by atoms with Crippen LogP contribution in [0.15, 0.2) is 29.1 Å². The number of benzene rings is 1. The fourth-order valence-corrected chi connectivity index (χ4v) is 3.33. The number of halogens is 2. The summed E-state index contributed by atoms with van der Waals surface area (Å²) in [6.07, 6.45) is -0.308. The lowest BCUT2D eigenvalue weighted by atomic mass is 10.1. The van der Waals surface area contributed by atoms with Gasteiger partial charge in [-0.2, -0.15) is 0 Å². The van der Waals surface area contributed by atoms with Gasteiger partial charge in [0, 0.05) is 24.0 Å². The van der Waals surface area contributed by atoms with Crippen molar-refractivity contribution < 1.29 is 9.53 Å². The number of H-pyrrole nitrogens is 1. The van der Waals surface area contributed by atoms with E-state index in [4.69, 9.17) is 27.9 Å². The van der Waals surface area contributed by atoms with Gasteiger partial charge in [0.2, 0.25) is 0 Å². The molecule has 1 aliphatic rings. The van der Waals surface area contributed by atoms with Crippen LogP contribution in [0.3, 0.4) is 0 Å². The summed E-state index contributed by atoms with van der Waals surface area (Å²) in [5.41, 5.74) is 2.07. The van der Waals surface area contributed by atoms with E-state index < -0.39 is 0 Å². The van der Waals surface area contributed by atoms with Crippen molar-refractivity contribution in [1.82, 2.24) is 9.88 Å². The smallest absolute Gasteiger partial charge is 0.259 e. The van der Waals surface area contributed by atoms with Crippen LogP contribution in [0, 0.1) is 13.8 Å². The van der Waals surface area contributed by atoms with Crippen LogP contribution in [0.4, 0.5) is 0 Å². The van der Waals surface area contributed by atoms with Crippen molar-refractivity contribution in [3.05, 3.63) is 67.0 Å². The molecule has 0 spiro atoms. The minimum Gasteiger partial charge on any atom is -0.370 e. The van der Waals surface area contributed by atoms with Crippen LogP contribution < -0.4 is 5.43 Å². The van der Waals surface area contributed by atoms with E-state index in [1.165, 1.54) is 6.07 Å². The molecule has 0 aliphatic carbocycles. The maximum Gasteiger partial charge on any atom is 0.259 e. The number of aryl methyl sites for hydroxylation is 2. The first kappa shape index (κ1) is 18.0. The molecule has 1 amide bonds. The number of carbonyl (C=O) groups excluding carboxylic acids is 1. The summed E-state index contributed by atoms with van der Waals surface area (Å²) >= 11 is 12.0. The molecule has 0 unspecified atom stereocenters. The average molecular weight is 381 g/mol. The van der Waals surface area contributed by atoms with Crippen LogP contribution in [0.2, 0.25) is 10.0 Å². The molecule has 25 heavy (non-hydrogen) atoms. The lowest BCUT2D eigenvalue weighted by molar-refractivity contribution is -0.0229. The highest BCUT2D eigenvalue weighted by Gasteiger charge is 2.28. The van der Waals surface area contributed by atoms with Gasteiger partial charge in [0.1, 0.15) is 11.7 Å². The Labute approximate surface area is 155 Å². The van der Waals surface area contributed by atoms with Gasteiger partial charge in [-0.05, 0) is 31.5 Å². The summed E-state index contributed by atoms with van der Waals surface area (Å²) < 4.78 is 5.77. The van der Waals surface area contributed by atoms with Gasteiger partial charge < -0.3 is 14.6 Å². The van der Waals surface area contributed by atoms with Gasteiger partial charge in [0.05, 0.1) is 23.2 Å². The van der Waals surface area contributed by atoms with Crippen molar-refractivity contribution in [2.24, 2.45) is 0 Å². The van der Waals surface area contributed by atoms with Crippen LogP contribution in [0.5, 0.6) is 0 Å². The second-order valence-corrected chi connectivity index (χ2v) is 6.92. The van der Waals surface area contributed by atoms with Crippen LogP contribution in [0.25, 0.3) is 0 Å². The molecule has 2 aromatic rings. The van der Waals surface area contributed by atoms with Gasteiger partial charge in [0.25, 0.3) is 5.91 Å². The second kappa shape index (κ2) is 7.20. The maximum atomic E-state index is 12.9. The second-order valence-electron chi connectivity index (χ2n) is 6.10. The zero-order valence-corrected chi connectivity index (χ0v) is 15.4. The number of nitrogens with one attached hydrogen (secondary N) is 1. The van der Waals surface area contributed by atoms with E-state index >= 15 is 0 Å². The summed E-state index contributed by atoms with van der Waals surface area (Å²) in [7, 11) is 0. The molecule has 1 aromatic carbocycles. The summed E-state index contributed by atoms with van der Waals surface area (Å²) in [5, 5.41) is 0.910. The highest BCUT2D eigenvalue weighted by Crippen LogP contribution is 2.29. The molecule has 2 heterocycles. The Morgan fingerprint density at radius 1 is 1.24 bits per heavy atom. The number of amides is 1. The Bertz CT molecular complexity index is 879. The minimum absolute atomic E-state index is 0.181. The number of hydrogen-bond acceptors (Lipinski definition) is 3. The number of rotatable bonds is 2. The van der Waals surface area contributed by atoms with Crippen LogP contribution in [-0.4, -0.2) is 35.5 Å².